The number of nitrogens with one attached hydrogen (secondary N) is 1. The monoisotopic (exact) mass is 566 g/mol. The van der Waals surface area contributed by atoms with Crippen LogP contribution < -0.4 is 10.1 Å². The van der Waals surface area contributed by atoms with Gasteiger partial charge in [-0.25, -0.2) is 31.1 Å². The fourth-order valence-corrected chi connectivity index (χ4v) is 5.25. The number of methoxy groups -OCH3 is 1. The minimum atomic E-state index is -3.36. The Hall–Kier alpha value is -4.08. The van der Waals surface area contributed by atoms with Crippen molar-refractivity contribution in [2.45, 2.75) is 43.2 Å². The summed E-state index contributed by atoms with van der Waals surface area (Å²) >= 11 is 0. The molecule has 2 fully saturated rings. The number of piperidine rings is 1. The first-order chi connectivity index (χ1) is 19.0. The number of benzene rings is 1. The molecule has 2 N–H and O–H groups in total. The van der Waals surface area contributed by atoms with Crippen molar-refractivity contribution >= 4 is 28.4 Å². The number of anilines is 1. The Morgan fingerprint density at radius 2 is 2.02 bits per heavy atom. The quantitative estimate of drug-likeness (QED) is 0.342. The molecule has 0 radical (unpaired) electrons. The van der Waals surface area contributed by atoms with E-state index in [2.05, 4.69) is 25.7 Å². The largest absolute Gasteiger partial charge is 0.479 e. The topological polar surface area (TPSA) is 123 Å². The van der Waals surface area contributed by atoms with Crippen LogP contribution in [0, 0.1) is 5.82 Å². The predicted molar refractivity (Wildman–Crippen MR) is 130 cm³/mol. The Balaban J connectivity index is 1.34. The number of hydrogen-bond acceptors (Lipinski definition) is 8. The summed E-state index contributed by atoms with van der Waals surface area (Å²) in [7, 11) is 1.29. The van der Waals surface area contributed by atoms with Gasteiger partial charge in [0.2, 0.25) is 17.7 Å². The average Bonchev–Trinajstić information content (AvgIpc) is 3.46. The van der Waals surface area contributed by atoms with Gasteiger partial charge in [-0.15, -0.1) is 10.2 Å². The van der Waals surface area contributed by atoms with Crippen molar-refractivity contribution in [3.63, 3.8) is 0 Å². The maximum Gasteiger partial charge on any atom is 0.285 e. The predicted octanol–water partition coefficient (Wildman–Crippen LogP) is 2.90. The summed E-state index contributed by atoms with van der Waals surface area (Å²) < 4.78 is 79.8. The fourth-order valence-electron chi connectivity index (χ4n) is 5.25. The Labute approximate surface area is 222 Å². The molecule has 11 nitrogen and oxygen atoms in total. The number of alkyl halides is 4. The van der Waals surface area contributed by atoms with Crippen LogP contribution in [0.4, 0.5) is 27.9 Å². The van der Waals surface area contributed by atoms with Gasteiger partial charge in [-0.05, 0) is 24.1 Å². The third-order valence-corrected chi connectivity index (χ3v) is 7.31. The van der Waals surface area contributed by atoms with Crippen LogP contribution in [-0.2, 0) is 4.79 Å². The van der Waals surface area contributed by atoms with E-state index < -0.39 is 48.8 Å². The molecule has 1 amide bonds. The van der Waals surface area contributed by atoms with Crippen LogP contribution in [0.2, 0.25) is 0 Å². The number of hydrogen-bond donors (Lipinski definition) is 2. The van der Waals surface area contributed by atoms with Crippen molar-refractivity contribution in [2.24, 2.45) is 0 Å². The highest BCUT2D eigenvalue weighted by molar-refractivity contribution is 5.90. The third-order valence-electron chi connectivity index (χ3n) is 7.31. The lowest BCUT2D eigenvalue weighted by atomic mass is 9.88. The van der Waals surface area contributed by atoms with Gasteiger partial charge in [-0.2, -0.15) is 4.98 Å². The van der Waals surface area contributed by atoms with Gasteiger partial charge < -0.3 is 20.1 Å². The van der Waals surface area contributed by atoms with Crippen molar-refractivity contribution in [2.75, 3.05) is 32.1 Å². The normalized spacial score (nSPS) is 20.6. The molecule has 1 aromatic carbocycles. The summed E-state index contributed by atoms with van der Waals surface area (Å²) in [5.74, 6) is -7.98. The van der Waals surface area contributed by atoms with Crippen molar-refractivity contribution in [3.05, 3.63) is 30.2 Å². The van der Waals surface area contributed by atoms with E-state index in [1.165, 1.54) is 11.8 Å². The zero-order valence-corrected chi connectivity index (χ0v) is 21.0. The van der Waals surface area contributed by atoms with Gasteiger partial charge >= 0.3 is 0 Å². The van der Waals surface area contributed by atoms with E-state index in [1.807, 2.05) is 0 Å². The van der Waals surface area contributed by atoms with Gasteiger partial charge in [-0.1, -0.05) is 11.3 Å². The summed E-state index contributed by atoms with van der Waals surface area (Å²) in [5, 5.41) is 23.7. The smallest absolute Gasteiger partial charge is 0.285 e. The van der Waals surface area contributed by atoms with Gasteiger partial charge in [0.1, 0.15) is 17.6 Å². The van der Waals surface area contributed by atoms with E-state index in [1.54, 1.807) is 18.2 Å². The van der Waals surface area contributed by atoms with E-state index in [4.69, 9.17) is 9.84 Å². The van der Waals surface area contributed by atoms with E-state index in [9.17, 15) is 22.4 Å². The molecular formula is C24H23F5N8O3. The van der Waals surface area contributed by atoms with E-state index in [0.717, 1.165) is 15.6 Å². The first kappa shape index (κ1) is 26.2. The molecule has 1 aliphatic heterocycles. The second-order valence-electron chi connectivity index (χ2n) is 9.97. The molecule has 2 aliphatic rings. The van der Waals surface area contributed by atoms with Crippen molar-refractivity contribution in [3.8, 4) is 17.0 Å². The lowest BCUT2D eigenvalue weighted by Crippen LogP contribution is -2.56. The number of carbonyl (C=O) groups is 1. The van der Waals surface area contributed by atoms with Gasteiger partial charge in [0.25, 0.3) is 11.8 Å². The highest BCUT2D eigenvalue weighted by Crippen LogP contribution is 2.46. The summed E-state index contributed by atoms with van der Waals surface area (Å²) in [5.41, 5.74) is 1.43. The molecule has 1 aliphatic carbocycles. The van der Waals surface area contributed by atoms with Gasteiger partial charge in [-0.3, -0.25) is 4.79 Å². The standard InChI is InChI=1S/C24H23F5N8O3/c1-40-21-20-19(12-2-3-15-16(6-12)37(34-32-15)13-7-23(26,27)8-13)14(25)9-36(20)33-22(31-21)30-17-4-5-35(18(39)10-38)11-24(17,28)29/h2-3,6,9,13,17,38H,4-5,7-8,10-11H2,1H3,(H,30,33)/t17-/m1/s1. The molecule has 3 aromatic heterocycles. The Bertz CT molecular complexity index is 1620. The second kappa shape index (κ2) is 9.25. The lowest BCUT2D eigenvalue weighted by molar-refractivity contribution is -0.145. The van der Waals surface area contributed by atoms with Crippen LogP contribution in [0.15, 0.2) is 24.4 Å². The van der Waals surface area contributed by atoms with Crippen LogP contribution in [0.3, 0.4) is 0 Å². The molecular weight excluding hydrogens is 543 g/mol. The molecule has 0 bridgehead atoms. The molecule has 16 heteroatoms. The highest BCUT2D eigenvalue weighted by atomic mass is 19.3. The number of aliphatic hydroxyl groups is 1. The number of ether oxygens (including phenoxy) is 1. The number of rotatable bonds is 6. The summed E-state index contributed by atoms with van der Waals surface area (Å²) in [6.45, 7) is -1.77. The molecule has 1 saturated carbocycles. The summed E-state index contributed by atoms with van der Waals surface area (Å²) in [4.78, 5) is 16.7. The van der Waals surface area contributed by atoms with Crippen LogP contribution >= 0.6 is 0 Å². The van der Waals surface area contributed by atoms with Crippen LogP contribution in [0.25, 0.3) is 27.7 Å². The molecule has 1 atom stereocenters. The summed E-state index contributed by atoms with van der Waals surface area (Å²) in [6.07, 6.45) is 0.161. The summed E-state index contributed by atoms with van der Waals surface area (Å²) in [6, 6.07) is 2.78. The Morgan fingerprint density at radius 3 is 2.70 bits per heavy atom. The maximum atomic E-state index is 15.4. The molecule has 40 heavy (non-hydrogen) atoms. The first-order valence-corrected chi connectivity index (χ1v) is 12.4. The zero-order chi connectivity index (χ0) is 28.4. The number of fused-ring (bicyclic) bond motifs is 2. The number of amides is 1. The van der Waals surface area contributed by atoms with Crippen molar-refractivity contribution in [1.29, 1.82) is 0 Å². The Morgan fingerprint density at radius 1 is 1.25 bits per heavy atom. The SMILES string of the molecule is COc1nc(N[C@@H]2CCN(C(=O)CO)CC2(F)F)nn2cc(F)c(-c3ccc4nnn(C5CC(F)(F)C5)c4c3)c12. The lowest BCUT2D eigenvalue weighted by Gasteiger charge is -2.38. The second-order valence-corrected chi connectivity index (χ2v) is 9.97. The van der Waals surface area contributed by atoms with Crippen LogP contribution in [0.1, 0.15) is 25.3 Å². The molecule has 0 spiro atoms. The number of halogens is 5. The zero-order valence-electron chi connectivity index (χ0n) is 21.0. The molecule has 0 unspecified atom stereocenters. The highest BCUT2D eigenvalue weighted by Gasteiger charge is 2.48. The number of likely N-dealkylation sites (tertiary alicyclic amines) is 1. The van der Waals surface area contributed by atoms with E-state index >= 15 is 4.39 Å². The average molecular weight is 566 g/mol. The molecule has 6 rings (SSSR count). The third kappa shape index (κ3) is 4.35. The van der Waals surface area contributed by atoms with Crippen LogP contribution in [0.5, 0.6) is 5.88 Å². The van der Waals surface area contributed by atoms with Crippen molar-refractivity contribution < 1.29 is 36.6 Å². The molecule has 212 valence electrons. The number of nitrogens with zero attached hydrogens (tertiary/aromatic N) is 7. The maximum absolute atomic E-state index is 15.4. The van der Waals surface area contributed by atoms with Crippen LogP contribution in [-0.4, -0.2) is 90.2 Å². The van der Waals surface area contributed by atoms with E-state index in [0.29, 0.717) is 16.6 Å². The van der Waals surface area contributed by atoms with Crippen molar-refractivity contribution in [1.82, 2.24) is 34.5 Å². The number of carbonyl (C=O) groups excluding carboxylic acids is 1. The minimum absolute atomic E-state index is 0.0132. The molecule has 4 heterocycles. The first-order valence-electron chi connectivity index (χ1n) is 12.4. The number of aromatic nitrogens is 6. The minimum Gasteiger partial charge on any atom is -0.479 e. The molecule has 1 saturated heterocycles. The van der Waals surface area contributed by atoms with Gasteiger partial charge in [0.15, 0.2) is 5.82 Å². The van der Waals surface area contributed by atoms with Gasteiger partial charge in [0.05, 0.1) is 43.0 Å². The molecule has 4 aromatic rings. The van der Waals surface area contributed by atoms with Gasteiger partial charge in [0, 0.05) is 19.4 Å². The fraction of sp³-hybridized carbons (Fsp3) is 0.458. The number of aliphatic hydroxyl groups excluding tert-OH is 1. The van der Waals surface area contributed by atoms with E-state index in [-0.39, 0.29) is 48.7 Å². The Kier molecular flexibility index (Phi) is 6.05.